The molecule has 2 aromatic carbocycles. The summed E-state index contributed by atoms with van der Waals surface area (Å²) in [5.41, 5.74) is 1.70. The number of aryl methyl sites for hydroxylation is 1. The predicted molar refractivity (Wildman–Crippen MR) is 129 cm³/mol. The lowest BCUT2D eigenvalue weighted by molar-refractivity contribution is -0.385. The smallest absolute Gasteiger partial charge is 0.270 e. The number of sulfonamides is 1. The van der Waals surface area contributed by atoms with Gasteiger partial charge in [-0.2, -0.15) is 4.31 Å². The lowest BCUT2D eigenvalue weighted by Gasteiger charge is -2.34. The number of nitro groups is 1. The summed E-state index contributed by atoms with van der Waals surface area (Å²) in [7, 11) is -0.728. The van der Waals surface area contributed by atoms with Crippen LogP contribution in [0.3, 0.4) is 0 Å². The summed E-state index contributed by atoms with van der Waals surface area (Å²) in [6, 6.07) is 13.1. The Balaban J connectivity index is 1.46. The van der Waals surface area contributed by atoms with Gasteiger partial charge in [0.2, 0.25) is 10.0 Å². The molecule has 0 saturated carbocycles. The van der Waals surface area contributed by atoms with E-state index < -0.39 is 14.9 Å². The Morgan fingerprint density at radius 3 is 2.23 bits per heavy atom. The third-order valence-electron chi connectivity index (χ3n) is 5.89. The molecular weight excluding hydrogens is 474 g/mol. The van der Waals surface area contributed by atoms with Crippen LogP contribution in [-0.4, -0.2) is 68.2 Å². The molecule has 0 aliphatic carbocycles. The maximum absolute atomic E-state index is 13.2. The zero-order valence-electron chi connectivity index (χ0n) is 19.5. The summed E-state index contributed by atoms with van der Waals surface area (Å²) < 4.78 is 38.3. The number of non-ortho nitro benzene ring substituents is 1. The molecule has 2 heterocycles. The highest BCUT2D eigenvalue weighted by molar-refractivity contribution is 7.89. The normalized spacial score (nSPS) is 14.5. The van der Waals surface area contributed by atoms with Crippen LogP contribution >= 0.6 is 0 Å². The quantitative estimate of drug-likeness (QED) is 0.356. The van der Waals surface area contributed by atoms with E-state index >= 15 is 0 Å². The summed E-state index contributed by atoms with van der Waals surface area (Å²) >= 11 is 0. The molecule has 0 atom stereocenters. The van der Waals surface area contributed by atoms with Crippen molar-refractivity contribution in [1.82, 2.24) is 14.5 Å². The number of nitrogens with zero attached hydrogens (tertiary/aromatic N) is 5. The summed E-state index contributed by atoms with van der Waals surface area (Å²) in [5, 5.41) is 19.8. The van der Waals surface area contributed by atoms with Crippen molar-refractivity contribution in [1.29, 1.82) is 0 Å². The van der Waals surface area contributed by atoms with Gasteiger partial charge in [0.25, 0.3) is 5.69 Å². The molecule has 0 N–H and O–H groups in total. The van der Waals surface area contributed by atoms with Gasteiger partial charge in [-0.1, -0.05) is 6.07 Å². The van der Waals surface area contributed by atoms with Gasteiger partial charge < -0.3 is 14.4 Å². The SMILES string of the molecule is COc1ccc(-c2ccc(N3CCN(S(=O)(=O)c4cc([N+](=O)[O-])ccc4C)CC3)nn2)cc1OC. The van der Waals surface area contributed by atoms with Crippen molar-refractivity contribution in [3.63, 3.8) is 0 Å². The molecule has 0 bridgehead atoms. The minimum Gasteiger partial charge on any atom is -0.493 e. The fourth-order valence-corrected chi connectivity index (χ4v) is 5.59. The Kier molecular flexibility index (Phi) is 6.85. The molecule has 11 nitrogen and oxygen atoms in total. The van der Waals surface area contributed by atoms with Gasteiger partial charge >= 0.3 is 0 Å². The summed E-state index contributed by atoms with van der Waals surface area (Å²) in [6.45, 7) is 2.91. The minimum atomic E-state index is -3.87. The molecule has 4 rings (SSSR count). The molecule has 0 spiro atoms. The van der Waals surface area contributed by atoms with E-state index in [4.69, 9.17) is 9.47 Å². The number of nitro benzene ring substituents is 1. The highest BCUT2D eigenvalue weighted by atomic mass is 32.2. The molecule has 1 aliphatic heterocycles. The van der Waals surface area contributed by atoms with E-state index in [0.717, 1.165) is 11.6 Å². The van der Waals surface area contributed by atoms with Crippen LogP contribution < -0.4 is 14.4 Å². The first-order valence-electron chi connectivity index (χ1n) is 10.8. The molecule has 1 aromatic heterocycles. The van der Waals surface area contributed by atoms with E-state index in [2.05, 4.69) is 10.2 Å². The topological polar surface area (TPSA) is 128 Å². The van der Waals surface area contributed by atoms with Gasteiger partial charge in [0.1, 0.15) is 0 Å². The highest BCUT2D eigenvalue weighted by Crippen LogP contribution is 2.32. The fraction of sp³-hybridized carbons (Fsp3) is 0.304. The van der Waals surface area contributed by atoms with Crippen LogP contribution in [0.2, 0.25) is 0 Å². The van der Waals surface area contributed by atoms with Gasteiger partial charge in [-0.15, -0.1) is 10.2 Å². The molecule has 12 heteroatoms. The third kappa shape index (κ3) is 4.88. The molecule has 0 amide bonds. The van der Waals surface area contributed by atoms with E-state index in [9.17, 15) is 18.5 Å². The van der Waals surface area contributed by atoms with E-state index in [1.165, 1.54) is 16.4 Å². The van der Waals surface area contributed by atoms with Crippen LogP contribution in [0.5, 0.6) is 11.5 Å². The van der Waals surface area contributed by atoms with E-state index in [-0.39, 0.29) is 23.7 Å². The van der Waals surface area contributed by atoms with E-state index in [1.807, 2.05) is 29.2 Å². The van der Waals surface area contributed by atoms with Crippen molar-refractivity contribution in [2.75, 3.05) is 45.3 Å². The van der Waals surface area contributed by atoms with Crippen LogP contribution in [0.1, 0.15) is 5.56 Å². The molecule has 1 saturated heterocycles. The molecule has 35 heavy (non-hydrogen) atoms. The molecule has 3 aromatic rings. The number of benzene rings is 2. The number of methoxy groups -OCH3 is 2. The predicted octanol–water partition coefficient (Wildman–Crippen LogP) is 2.89. The number of hydrogen-bond donors (Lipinski definition) is 0. The van der Waals surface area contributed by atoms with Gasteiger partial charge in [-0.05, 0) is 42.8 Å². The van der Waals surface area contributed by atoms with Crippen LogP contribution in [0.15, 0.2) is 53.4 Å². The Hall–Kier alpha value is -3.77. The molecule has 1 fully saturated rings. The molecule has 1 aliphatic rings. The second kappa shape index (κ2) is 9.84. The van der Waals surface area contributed by atoms with Gasteiger partial charge in [0.15, 0.2) is 17.3 Å². The number of ether oxygens (including phenoxy) is 2. The van der Waals surface area contributed by atoms with Crippen molar-refractivity contribution >= 4 is 21.5 Å². The van der Waals surface area contributed by atoms with E-state index in [1.54, 1.807) is 27.2 Å². The number of piperazine rings is 1. The Morgan fingerprint density at radius 2 is 1.63 bits per heavy atom. The maximum Gasteiger partial charge on any atom is 0.270 e. The molecular formula is C23H25N5O6S. The zero-order chi connectivity index (χ0) is 25.2. The van der Waals surface area contributed by atoms with Crippen molar-refractivity contribution in [2.24, 2.45) is 0 Å². The lowest BCUT2D eigenvalue weighted by Crippen LogP contribution is -2.49. The molecule has 0 radical (unpaired) electrons. The highest BCUT2D eigenvalue weighted by Gasteiger charge is 2.31. The standard InChI is InChI=1S/C23H25N5O6S/c1-16-4-6-18(28(29)30)15-22(16)35(31,32)27-12-10-26(11-13-27)23-9-7-19(24-25-23)17-5-8-20(33-2)21(14-17)34-3/h4-9,14-15H,10-13H2,1-3H3. The van der Waals surface area contributed by atoms with Crippen LogP contribution in [0, 0.1) is 17.0 Å². The van der Waals surface area contributed by atoms with E-state index in [0.29, 0.717) is 41.7 Å². The van der Waals surface area contributed by atoms with Crippen LogP contribution in [0.4, 0.5) is 11.5 Å². The monoisotopic (exact) mass is 499 g/mol. The second-order valence-corrected chi connectivity index (χ2v) is 9.85. The summed E-state index contributed by atoms with van der Waals surface area (Å²) in [4.78, 5) is 12.4. The van der Waals surface area contributed by atoms with Gasteiger partial charge in [0, 0.05) is 43.9 Å². The van der Waals surface area contributed by atoms with Gasteiger partial charge in [-0.3, -0.25) is 10.1 Å². The van der Waals surface area contributed by atoms with Crippen LogP contribution in [0.25, 0.3) is 11.3 Å². The van der Waals surface area contributed by atoms with Gasteiger partial charge in [-0.25, -0.2) is 8.42 Å². The average molecular weight is 500 g/mol. The number of anilines is 1. The number of hydrogen-bond acceptors (Lipinski definition) is 9. The first kappa shape index (κ1) is 24.4. The minimum absolute atomic E-state index is 0.0424. The van der Waals surface area contributed by atoms with Crippen molar-refractivity contribution in [3.05, 3.63) is 64.2 Å². The summed E-state index contributed by atoms with van der Waals surface area (Å²) in [5.74, 6) is 1.85. The Labute approximate surface area is 203 Å². The lowest BCUT2D eigenvalue weighted by atomic mass is 10.1. The van der Waals surface area contributed by atoms with Crippen molar-refractivity contribution < 1.29 is 22.8 Å². The third-order valence-corrected chi connectivity index (χ3v) is 7.93. The second-order valence-electron chi connectivity index (χ2n) is 7.94. The summed E-state index contributed by atoms with van der Waals surface area (Å²) in [6.07, 6.45) is 0. The first-order chi connectivity index (χ1) is 16.7. The first-order valence-corrected chi connectivity index (χ1v) is 12.2. The van der Waals surface area contributed by atoms with Gasteiger partial charge in [0.05, 0.1) is 29.7 Å². The van der Waals surface area contributed by atoms with Crippen LogP contribution in [-0.2, 0) is 10.0 Å². The van der Waals surface area contributed by atoms with Crippen molar-refractivity contribution in [2.45, 2.75) is 11.8 Å². The average Bonchev–Trinajstić information content (AvgIpc) is 2.88. The largest absolute Gasteiger partial charge is 0.493 e. The Morgan fingerprint density at radius 1 is 0.914 bits per heavy atom. The fourth-order valence-electron chi connectivity index (χ4n) is 3.92. The maximum atomic E-state index is 13.2. The number of aromatic nitrogens is 2. The zero-order valence-corrected chi connectivity index (χ0v) is 20.4. The van der Waals surface area contributed by atoms with Crippen molar-refractivity contribution in [3.8, 4) is 22.8 Å². The molecule has 0 unspecified atom stereocenters. The number of rotatable bonds is 7. The molecule has 184 valence electrons. The Bertz CT molecular complexity index is 1340.